The van der Waals surface area contributed by atoms with E-state index in [1.165, 1.54) is 19.2 Å². The van der Waals surface area contributed by atoms with Crippen LogP contribution in [0.2, 0.25) is 0 Å². The molecule has 2 aliphatic rings. The van der Waals surface area contributed by atoms with Gasteiger partial charge in [0.05, 0.1) is 13.7 Å². The van der Waals surface area contributed by atoms with Crippen LogP contribution in [-0.4, -0.2) is 41.2 Å². The fourth-order valence-corrected chi connectivity index (χ4v) is 5.50. The lowest BCUT2D eigenvalue weighted by atomic mass is 10.1. The lowest BCUT2D eigenvalue weighted by molar-refractivity contribution is -0.140. The number of aromatic nitrogens is 2. The van der Waals surface area contributed by atoms with E-state index in [0.717, 1.165) is 31.7 Å². The third-order valence-corrected chi connectivity index (χ3v) is 7.49. The fraction of sp³-hybridized carbons (Fsp3) is 0.464. The zero-order chi connectivity index (χ0) is 28.8. The molecule has 214 valence electrons. The number of oxazole rings is 1. The summed E-state index contributed by atoms with van der Waals surface area (Å²) in [5.74, 6) is 0.525. The molecule has 2 saturated carbocycles. The van der Waals surface area contributed by atoms with Crippen molar-refractivity contribution >= 4 is 16.8 Å². The summed E-state index contributed by atoms with van der Waals surface area (Å²) in [7, 11) is 1.35. The number of rotatable bonds is 9. The first kappa shape index (κ1) is 27.8. The molecule has 1 aromatic carbocycles. The van der Waals surface area contributed by atoms with E-state index in [1.54, 1.807) is 6.07 Å². The van der Waals surface area contributed by atoms with Crippen molar-refractivity contribution < 1.29 is 31.9 Å². The second-order valence-corrected chi connectivity index (χ2v) is 10.7. The molecule has 0 aliphatic heterocycles. The summed E-state index contributed by atoms with van der Waals surface area (Å²) in [6.07, 6.45) is -1.14. The Balaban J connectivity index is 1.34. The van der Waals surface area contributed by atoms with Crippen LogP contribution >= 0.6 is 0 Å². The normalized spacial score (nSPS) is 22.1. The molecule has 9 nitrogen and oxygen atoms in total. The molecule has 12 heteroatoms. The molecule has 2 aliphatic carbocycles. The third kappa shape index (κ3) is 5.32. The highest BCUT2D eigenvalue weighted by Gasteiger charge is 2.60. The first-order valence-corrected chi connectivity index (χ1v) is 13.1. The molecule has 2 heterocycles. The smallest absolute Gasteiger partial charge is 0.433 e. The number of nitrogens with two attached hydrogens (primary N) is 1. The van der Waals surface area contributed by atoms with Crippen LogP contribution < -0.4 is 21.1 Å². The van der Waals surface area contributed by atoms with Crippen LogP contribution in [-0.2, 0) is 17.5 Å². The van der Waals surface area contributed by atoms with Gasteiger partial charge in [0.15, 0.2) is 17.3 Å². The van der Waals surface area contributed by atoms with Crippen molar-refractivity contribution in [1.29, 1.82) is 0 Å². The van der Waals surface area contributed by atoms with Crippen LogP contribution in [0.3, 0.4) is 0 Å². The fourth-order valence-electron chi connectivity index (χ4n) is 5.50. The summed E-state index contributed by atoms with van der Waals surface area (Å²) in [4.78, 5) is 21.4. The van der Waals surface area contributed by atoms with Gasteiger partial charge in [-0.05, 0) is 70.4 Å². The third-order valence-electron chi connectivity index (χ3n) is 7.49. The average Bonchev–Trinajstić information content (AvgIpc) is 3.20. The average molecular weight is 560 g/mol. The number of fused-ring (bicyclic) bond motifs is 1. The van der Waals surface area contributed by atoms with Gasteiger partial charge >= 0.3 is 6.18 Å². The van der Waals surface area contributed by atoms with E-state index in [2.05, 4.69) is 27.2 Å². The quantitative estimate of drug-likeness (QED) is 0.316. The number of pyridine rings is 1. The zero-order valence-corrected chi connectivity index (χ0v) is 22.5. The highest BCUT2D eigenvalue weighted by atomic mass is 19.4. The molecule has 0 radical (unpaired) electrons. The van der Waals surface area contributed by atoms with Crippen molar-refractivity contribution in [3.05, 3.63) is 53.9 Å². The van der Waals surface area contributed by atoms with E-state index in [0.29, 0.717) is 16.8 Å². The van der Waals surface area contributed by atoms with Crippen molar-refractivity contribution in [2.45, 2.75) is 70.4 Å². The first-order chi connectivity index (χ1) is 18.9. The number of carbonyl (C=O) groups is 1. The van der Waals surface area contributed by atoms with Gasteiger partial charge in [0, 0.05) is 28.4 Å². The van der Waals surface area contributed by atoms with Gasteiger partial charge in [-0.15, -0.1) is 0 Å². The molecule has 1 amide bonds. The van der Waals surface area contributed by atoms with Crippen molar-refractivity contribution in [3.8, 4) is 17.2 Å². The van der Waals surface area contributed by atoms with E-state index in [1.807, 2.05) is 13.8 Å². The standard InChI is InChI=1S/C28H32F3N5O4/c1-14(2)33-15(3)39-22-12-27(22)10-9-16(11-27)34-25(37)24-20(13-32)40-26(36-24)18-5-7-19(38-4)23-17(18)6-8-21(35-23)28(29,30)31/h5-8,14,16,22,33H,3,9-13,32H2,1-2,4H3,(H,34,37). The van der Waals surface area contributed by atoms with Gasteiger partial charge in [-0.2, -0.15) is 13.2 Å². The molecule has 3 atom stereocenters. The number of methoxy groups -OCH3 is 1. The molecule has 2 fully saturated rings. The van der Waals surface area contributed by atoms with Crippen LogP contribution in [0.25, 0.3) is 22.4 Å². The minimum Gasteiger partial charge on any atom is -0.494 e. The van der Waals surface area contributed by atoms with Crippen LogP contribution in [0, 0.1) is 5.41 Å². The molecular weight excluding hydrogens is 527 g/mol. The number of ether oxygens (including phenoxy) is 2. The van der Waals surface area contributed by atoms with E-state index < -0.39 is 17.8 Å². The van der Waals surface area contributed by atoms with Gasteiger partial charge < -0.3 is 30.3 Å². The van der Waals surface area contributed by atoms with Gasteiger partial charge in [-0.25, -0.2) is 9.97 Å². The van der Waals surface area contributed by atoms with Crippen molar-refractivity contribution in [2.24, 2.45) is 11.1 Å². The Morgan fingerprint density at radius 2 is 2.02 bits per heavy atom. The van der Waals surface area contributed by atoms with Crippen molar-refractivity contribution in [2.75, 3.05) is 7.11 Å². The largest absolute Gasteiger partial charge is 0.494 e. The summed E-state index contributed by atoms with van der Waals surface area (Å²) in [5.41, 5.74) is 5.23. The number of benzene rings is 1. The number of alkyl halides is 3. The lowest BCUT2D eigenvalue weighted by Crippen LogP contribution is -2.34. The number of hydrogen-bond acceptors (Lipinski definition) is 8. The maximum atomic E-state index is 13.3. The molecule has 2 aromatic heterocycles. The van der Waals surface area contributed by atoms with Gasteiger partial charge in [-0.3, -0.25) is 4.79 Å². The molecule has 40 heavy (non-hydrogen) atoms. The first-order valence-electron chi connectivity index (χ1n) is 13.1. The van der Waals surface area contributed by atoms with Gasteiger partial charge in [-0.1, -0.05) is 0 Å². The van der Waals surface area contributed by atoms with E-state index in [9.17, 15) is 18.0 Å². The van der Waals surface area contributed by atoms with Crippen molar-refractivity contribution in [1.82, 2.24) is 20.6 Å². The Kier molecular flexibility index (Phi) is 7.15. The van der Waals surface area contributed by atoms with Gasteiger partial charge in [0.1, 0.15) is 23.1 Å². The number of hydrogen-bond donors (Lipinski definition) is 3. The second kappa shape index (κ2) is 10.3. The molecule has 5 rings (SSSR count). The SMILES string of the molecule is C=C(NC(C)C)OC1CC12CCC(NC(=O)c1nc(-c3ccc(OC)c4nc(C(F)(F)F)ccc34)oc1CN)C2. The van der Waals surface area contributed by atoms with E-state index in [-0.39, 0.29) is 58.8 Å². The number of nitrogens with zero attached hydrogens (tertiary/aromatic N) is 2. The number of carbonyl (C=O) groups excluding carboxylic acids is 1. The predicted molar refractivity (Wildman–Crippen MR) is 141 cm³/mol. The monoisotopic (exact) mass is 559 g/mol. The number of amides is 1. The topological polar surface area (TPSA) is 125 Å². The lowest BCUT2D eigenvalue weighted by Gasteiger charge is -2.17. The summed E-state index contributed by atoms with van der Waals surface area (Å²) >= 11 is 0. The predicted octanol–water partition coefficient (Wildman–Crippen LogP) is 4.90. The molecule has 0 bridgehead atoms. The van der Waals surface area contributed by atoms with Crippen LogP contribution in [0.1, 0.15) is 61.5 Å². The van der Waals surface area contributed by atoms with Crippen LogP contribution in [0.4, 0.5) is 13.2 Å². The minimum atomic E-state index is -4.62. The molecular formula is C28H32F3N5O4. The van der Waals surface area contributed by atoms with E-state index >= 15 is 0 Å². The highest BCUT2D eigenvalue weighted by molar-refractivity contribution is 5.98. The molecule has 4 N–H and O–H groups in total. The Bertz CT molecular complexity index is 1450. The highest BCUT2D eigenvalue weighted by Crippen LogP contribution is 2.60. The van der Waals surface area contributed by atoms with E-state index in [4.69, 9.17) is 19.6 Å². The summed E-state index contributed by atoms with van der Waals surface area (Å²) < 4.78 is 56.9. The Labute approximate surface area is 229 Å². The summed E-state index contributed by atoms with van der Waals surface area (Å²) in [5, 5.41) is 6.54. The maximum absolute atomic E-state index is 13.3. The maximum Gasteiger partial charge on any atom is 0.433 e. The molecule has 1 spiro atoms. The number of nitrogens with one attached hydrogen (secondary N) is 2. The Morgan fingerprint density at radius 1 is 1.25 bits per heavy atom. The van der Waals surface area contributed by atoms with Crippen molar-refractivity contribution in [3.63, 3.8) is 0 Å². The summed E-state index contributed by atoms with van der Waals surface area (Å²) in [6.45, 7) is 7.87. The molecule has 3 unspecified atom stereocenters. The Morgan fingerprint density at radius 3 is 2.70 bits per heavy atom. The van der Waals surface area contributed by atoms with Crippen LogP contribution in [0.5, 0.6) is 5.75 Å². The van der Waals surface area contributed by atoms with Gasteiger partial charge in [0.2, 0.25) is 5.89 Å². The molecule has 3 aromatic rings. The second-order valence-electron chi connectivity index (χ2n) is 10.7. The van der Waals surface area contributed by atoms with Gasteiger partial charge in [0.25, 0.3) is 5.91 Å². The van der Waals surface area contributed by atoms with Crippen LogP contribution in [0.15, 0.2) is 41.1 Å². The molecule has 0 saturated heterocycles. The Hall–Kier alpha value is -3.80. The zero-order valence-electron chi connectivity index (χ0n) is 22.5. The minimum absolute atomic E-state index is 0.00272. The number of halogens is 3. The summed E-state index contributed by atoms with van der Waals surface area (Å²) in [6, 6.07) is 5.40.